The van der Waals surface area contributed by atoms with Crippen LogP contribution in [0.25, 0.3) is 11.3 Å². The van der Waals surface area contributed by atoms with Gasteiger partial charge in [0.2, 0.25) is 5.95 Å². The average Bonchev–Trinajstić information content (AvgIpc) is 3.34. The predicted molar refractivity (Wildman–Crippen MR) is 105 cm³/mol. The molecule has 0 unspecified atom stereocenters. The monoisotopic (exact) mass is 405 g/mol. The molecule has 4 rings (SSSR count). The molecule has 1 aliphatic heterocycles. The highest BCUT2D eigenvalue weighted by molar-refractivity contribution is 7.98. The van der Waals surface area contributed by atoms with Crippen LogP contribution in [0.5, 0.6) is 0 Å². The Balaban J connectivity index is 1.44. The summed E-state index contributed by atoms with van der Waals surface area (Å²) >= 11 is 7.53. The number of halogens is 1. The fraction of sp³-hybridized carbons (Fsp3) is 0.389. The summed E-state index contributed by atoms with van der Waals surface area (Å²) in [6, 6.07) is 9.50. The van der Waals surface area contributed by atoms with Gasteiger partial charge >= 0.3 is 0 Å². The SMILES string of the molecule is CCn1c(SCc2cc(-c3ccc(Cl)cc3)no2)nnc1N1CCOCC1. The molecule has 0 spiro atoms. The lowest BCUT2D eigenvalue weighted by atomic mass is 10.1. The Morgan fingerprint density at radius 1 is 1.15 bits per heavy atom. The molecule has 0 N–H and O–H groups in total. The minimum Gasteiger partial charge on any atom is -0.378 e. The number of hydrogen-bond donors (Lipinski definition) is 0. The normalized spacial score (nSPS) is 14.7. The van der Waals surface area contributed by atoms with Crippen molar-refractivity contribution in [1.82, 2.24) is 19.9 Å². The van der Waals surface area contributed by atoms with Crippen LogP contribution in [-0.4, -0.2) is 46.2 Å². The molecule has 3 aromatic rings. The molecule has 142 valence electrons. The van der Waals surface area contributed by atoms with Crippen LogP contribution < -0.4 is 4.90 Å². The van der Waals surface area contributed by atoms with Crippen molar-refractivity contribution in [1.29, 1.82) is 0 Å². The van der Waals surface area contributed by atoms with E-state index in [2.05, 4.69) is 31.7 Å². The van der Waals surface area contributed by atoms with Crippen molar-refractivity contribution in [3.63, 3.8) is 0 Å². The minimum absolute atomic E-state index is 0.641. The molecule has 7 nitrogen and oxygen atoms in total. The summed E-state index contributed by atoms with van der Waals surface area (Å²) in [7, 11) is 0. The zero-order chi connectivity index (χ0) is 18.6. The first-order chi connectivity index (χ1) is 13.2. The molecule has 1 aromatic carbocycles. The first-order valence-corrected chi connectivity index (χ1v) is 10.2. The van der Waals surface area contributed by atoms with Gasteiger partial charge in [0, 0.05) is 36.3 Å². The number of aromatic nitrogens is 4. The highest BCUT2D eigenvalue weighted by Gasteiger charge is 2.20. The van der Waals surface area contributed by atoms with Crippen molar-refractivity contribution in [2.45, 2.75) is 24.4 Å². The fourth-order valence-corrected chi connectivity index (χ4v) is 3.93. The van der Waals surface area contributed by atoms with E-state index in [1.165, 1.54) is 0 Å². The van der Waals surface area contributed by atoms with Crippen molar-refractivity contribution < 1.29 is 9.26 Å². The van der Waals surface area contributed by atoms with Gasteiger partial charge in [-0.25, -0.2) is 0 Å². The maximum absolute atomic E-state index is 5.94. The number of thioether (sulfide) groups is 1. The van der Waals surface area contributed by atoms with E-state index in [4.69, 9.17) is 20.9 Å². The molecule has 0 bridgehead atoms. The van der Waals surface area contributed by atoms with Gasteiger partial charge in [-0.05, 0) is 19.1 Å². The Hall–Kier alpha value is -2.03. The van der Waals surface area contributed by atoms with E-state index >= 15 is 0 Å². The van der Waals surface area contributed by atoms with Gasteiger partial charge in [0.05, 0.1) is 19.0 Å². The van der Waals surface area contributed by atoms with E-state index in [-0.39, 0.29) is 0 Å². The molecule has 2 aromatic heterocycles. The molecule has 0 aliphatic carbocycles. The van der Waals surface area contributed by atoms with Crippen LogP contribution in [0.4, 0.5) is 5.95 Å². The first-order valence-electron chi connectivity index (χ1n) is 8.85. The molecule has 0 amide bonds. The Bertz CT molecular complexity index is 890. The van der Waals surface area contributed by atoms with Gasteiger partial charge in [-0.2, -0.15) is 0 Å². The summed E-state index contributed by atoms with van der Waals surface area (Å²) in [4.78, 5) is 2.22. The molecule has 27 heavy (non-hydrogen) atoms. The number of anilines is 1. The van der Waals surface area contributed by atoms with Gasteiger partial charge in [-0.3, -0.25) is 4.57 Å². The maximum atomic E-state index is 5.94. The quantitative estimate of drug-likeness (QED) is 0.578. The summed E-state index contributed by atoms with van der Waals surface area (Å²) in [6.07, 6.45) is 0. The zero-order valence-electron chi connectivity index (χ0n) is 15.0. The van der Waals surface area contributed by atoms with Crippen LogP contribution in [0.3, 0.4) is 0 Å². The van der Waals surface area contributed by atoms with E-state index < -0.39 is 0 Å². The van der Waals surface area contributed by atoms with Crippen molar-refractivity contribution in [3.8, 4) is 11.3 Å². The standard InChI is InChI=1S/C18H20ClN5O2S/c1-2-24-17(23-7-9-25-10-8-23)20-21-18(24)27-12-15-11-16(22-26-15)13-3-5-14(19)6-4-13/h3-6,11H,2,7-10,12H2,1H3. The number of benzene rings is 1. The van der Waals surface area contributed by atoms with Gasteiger partial charge in [0.15, 0.2) is 5.16 Å². The molecule has 1 aliphatic rings. The fourth-order valence-electron chi connectivity index (χ4n) is 2.94. The van der Waals surface area contributed by atoms with Gasteiger partial charge in [-0.1, -0.05) is 40.7 Å². The van der Waals surface area contributed by atoms with Gasteiger partial charge in [-0.15, -0.1) is 10.2 Å². The van der Waals surface area contributed by atoms with Crippen LogP contribution >= 0.6 is 23.4 Å². The summed E-state index contributed by atoms with van der Waals surface area (Å²) in [5.41, 5.74) is 1.78. The van der Waals surface area contributed by atoms with E-state index in [9.17, 15) is 0 Å². The number of hydrogen-bond acceptors (Lipinski definition) is 7. The van der Waals surface area contributed by atoms with Crippen molar-refractivity contribution in [2.75, 3.05) is 31.2 Å². The highest BCUT2D eigenvalue weighted by Crippen LogP contribution is 2.28. The van der Waals surface area contributed by atoms with Crippen LogP contribution in [0.1, 0.15) is 12.7 Å². The van der Waals surface area contributed by atoms with Crippen molar-refractivity contribution in [3.05, 3.63) is 41.1 Å². The molecular formula is C18H20ClN5O2S. The molecule has 3 heterocycles. The predicted octanol–water partition coefficient (Wildman–Crippen LogP) is 3.74. The summed E-state index contributed by atoms with van der Waals surface area (Å²) in [6.45, 7) is 6.05. The lowest BCUT2D eigenvalue weighted by molar-refractivity contribution is 0.121. The van der Waals surface area contributed by atoms with Crippen molar-refractivity contribution >= 4 is 29.3 Å². The Morgan fingerprint density at radius 2 is 1.93 bits per heavy atom. The topological polar surface area (TPSA) is 69.2 Å². The minimum atomic E-state index is 0.641. The highest BCUT2D eigenvalue weighted by atomic mass is 35.5. The van der Waals surface area contributed by atoms with Crippen LogP contribution in [0, 0.1) is 0 Å². The second kappa shape index (κ2) is 8.33. The Labute approximate surface area is 166 Å². The van der Waals surface area contributed by atoms with Crippen LogP contribution in [0.15, 0.2) is 40.0 Å². The Morgan fingerprint density at radius 3 is 2.67 bits per heavy atom. The average molecular weight is 406 g/mol. The van der Waals surface area contributed by atoms with Crippen LogP contribution in [-0.2, 0) is 17.0 Å². The second-order valence-corrected chi connectivity index (χ2v) is 7.48. The van der Waals surface area contributed by atoms with Gasteiger partial charge in [0.25, 0.3) is 0 Å². The number of nitrogens with zero attached hydrogens (tertiary/aromatic N) is 5. The third kappa shape index (κ3) is 4.12. The molecule has 1 fully saturated rings. The number of rotatable bonds is 6. The van der Waals surface area contributed by atoms with Crippen molar-refractivity contribution in [2.24, 2.45) is 0 Å². The summed E-state index contributed by atoms with van der Waals surface area (Å²) < 4.78 is 13.0. The molecule has 0 atom stereocenters. The lowest BCUT2D eigenvalue weighted by Gasteiger charge is -2.27. The molecule has 9 heteroatoms. The molecular weight excluding hydrogens is 386 g/mol. The zero-order valence-corrected chi connectivity index (χ0v) is 16.5. The number of morpholine rings is 1. The largest absolute Gasteiger partial charge is 0.378 e. The van der Waals surface area contributed by atoms with E-state index in [1.54, 1.807) is 11.8 Å². The smallest absolute Gasteiger partial charge is 0.228 e. The molecule has 1 saturated heterocycles. The molecule has 0 saturated carbocycles. The van der Waals surface area contributed by atoms with E-state index in [0.717, 1.165) is 61.0 Å². The lowest BCUT2D eigenvalue weighted by Crippen LogP contribution is -2.38. The first kappa shape index (κ1) is 18.3. The third-order valence-corrected chi connectivity index (χ3v) is 5.59. The van der Waals surface area contributed by atoms with Crippen LogP contribution in [0.2, 0.25) is 5.02 Å². The molecule has 0 radical (unpaired) electrons. The van der Waals surface area contributed by atoms with E-state index in [0.29, 0.717) is 10.8 Å². The third-order valence-electron chi connectivity index (χ3n) is 4.35. The summed E-state index contributed by atoms with van der Waals surface area (Å²) in [5.74, 6) is 2.34. The maximum Gasteiger partial charge on any atom is 0.228 e. The Kier molecular flexibility index (Phi) is 5.66. The van der Waals surface area contributed by atoms with Gasteiger partial charge < -0.3 is 14.2 Å². The van der Waals surface area contributed by atoms with E-state index in [1.807, 2.05) is 30.3 Å². The summed E-state index contributed by atoms with van der Waals surface area (Å²) in [5, 5.41) is 14.5. The second-order valence-electron chi connectivity index (χ2n) is 6.10. The number of ether oxygens (including phenoxy) is 1. The van der Waals surface area contributed by atoms with Gasteiger partial charge in [0.1, 0.15) is 11.5 Å².